The van der Waals surface area contributed by atoms with Gasteiger partial charge in [-0.1, -0.05) is 48.5 Å². The molecule has 2 rings (SSSR count). The smallest absolute Gasteiger partial charge is 0.784 e. The van der Waals surface area contributed by atoms with Crippen molar-refractivity contribution in [1.29, 1.82) is 0 Å². The first-order chi connectivity index (χ1) is 10.8. The number of ether oxygens (including phenoxy) is 1. The molecule has 7 nitrogen and oxygen atoms in total. The molecule has 0 spiro atoms. The quantitative estimate of drug-likeness (QED) is 0.303. The van der Waals surface area contributed by atoms with Crippen LogP contribution < -0.4 is 63.9 Å². The molecule has 25 heavy (non-hydrogen) atoms. The van der Waals surface area contributed by atoms with Gasteiger partial charge in [0.2, 0.25) is 0 Å². The Morgan fingerprint density at radius 2 is 1.44 bits per heavy atom. The summed E-state index contributed by atoms with van der Waals surface area (Å²) >= 11 is -3.11. The van der Waals surface area contributed by atoms with Gasteiger partial charge in [-0.15, -0.1) is 11.4 Å². The van der Waals surface area contributed by atoms with E-state index in [1.807, 2.05) is 30.3 Å². The molecular formula is C14H14Na2O7S2. The van der Waals surface area contributed by atoms with E-state index in [1.54, 1.807) is 24.3 Å². The van der Waals surface area contributed by atoms with E-state index < -0.39 is 27.2 Å². The predicted octanol–water partition coefficient (Wildman–Crippen LogP) is -4.34. The van der Waals surface area contributed by atoms with Crippen molar-refractivity contribution in [2.24, 2.45) is 0 Å². The summed E-state index contributed by atoms with van der Waals surface area (Å²) in [7, 11) is -4.06. The van der Waals surface area contributed by atoms with E-state index in [2.05, 4.69) is 0 Å². The van der Waals surface area contributed by atoms with E-state index in [0.29, 0.717) is 17.9 Å². The van der Waals surface area contributed by atoms with Crippen molar-refractivity contribution in [3.8, 4) is 5.75 Å². The molecule has 0 fully saturated rings. The zero-order valence-electron chi connectivity index (χ0n) is 13.8. The fourth-order valence-corrected chi connectivity index (χ4v) is 2.33. The Balaban J connectivity index is 0. The maximum Gasteiger partial charge on any atom is 1.00 e. The first-order valence-corrected chi connectivity index (χ1v) is 8.85. The van der Waals surface area contributed by atoms with E-state index in [0.717, 1.165) is 5.56 Å². The van der Waals surface area contributed by atoms with Crippen molar-refractivity contribution in [3.63, 3.8) is 0 Å². The number of para-hydroxylation sites is 1. The molecule has 0 aliphatic rings. The molecule has 126 valence electrons. The number of hydrogen-bond donors (Lipinski definition) is 1. The van der Waals surface area contributed by atoms with Gasteiger partial charge in [-0.2, -0.15) is 8.42 Å². The summed E-state index contributed by atoms with van der Waals surface area (Å²) in [5, 5.41) is 0. The van der Waals surface area contributed by atoms with Gasteiger partial charge < -0.3 is 13.8 Å². The first kappa shape index (κ1) is 27.4. The minimum atomic E-state index is -4.06. The molecule has 0 aliphatic carbocycles. The zero-order chi connectivity index (χ0) is 17.3. The van der Waals surface area contributed by atoms with Crippen LogP contribution in [-0.2, 0) is 33.8 Å². The van der Waals surface area contributed by atoms with Gasteiger partial charge in [-0.25, -0.2) is 0 Å². The van der Waals surface area contributed by atoms with Gasteiger partial charge in [0, 0.05) is 5.56 Å². The minimum absolute atomic E-state index is 0. The topological polar surface area (TPSA) is 127 Å². The molecule has 0 saturated carbocycles. The Morgan fingerprint density at radius 1 is 0.960 bits per heavy atom. The van der Waals surface area contributed by atoms with Gasteiger partial charge in [0.1, 0.15) is 18.1 Å². The van der Waals surface area contributed by atoms with Gasteiger partial charge in [0.15, 0.2) is 0 Å². The normalized spacial score (nSPS) is 9.92. The third-order valence-electron chi connectivity index (χ3n) is 2.55. The molecule has 0 radical (unpaired) electrons. The Morgan fingerprint density at radius 3 is 1.96 bits per heavy atom. The fraction of sp³-hybridized carbons (Fsp3) is 0.143. The monoisotopic (exact) mass is 404 g/mol. The van der Waals surface area contributed by atoms with Crippen molar-refractivity contribution in [1.82, 2.24) is 0 Å². The number of benzene rings is 2. The predicted molar refractivity (Wildman–Crippen MR) is 82.2 cm³/mol. The molecule has 0 unspecified atom stereocenters. The Labute approximate surface area is 193 Å². The van der Waals surface area contributed by atoms with Crippen LogP contribution in [0.15, 0.2) is 54.6 Å². The molecule has 0 amide bonds. The van der Waals surface area contributed by atoms with E-state index in [4.69, 9.17) is 22.6 Å². The molecule has 2 aromatic carbocycles. The molecule has 2 aromatic rings. The summed E-state index contributed by atoms with van der Waals surface area (Å²) in [5.74, 6) is 0.0156. The third-order valence-corrected chi connectivity index (χ3v) is 3.22. The van der Waals surface area contributed by atoms with Crippen LogP contribution in [0.25, 0.3) is 0 Å². The molecule has 1 N–H and O–H groups in total. The van der Waals surface area contributed by atoms with Crippen LogP contribution in [0.5, 0.6) is 5.75 Å². The van der Waals surface area contributed by atoms with Crippen molar-refractivity contribution in [2.75, 3.05) is 0 Å². The number of hydrogen-bond acceptors (Lipinski definition) is 6. The van der Waals surface area contributed by atoms with Crippen molar-refractivity contribution < 1.29 is 90.1 Å². The molecule has 0 bridgehead atoms. The Bertz CT molecular complexity index is 736. The van der Waals surface area contributed by atoms with Crippen molar-refractivity contribution >= 4 is 21.5 Å². The van der Waals surface area contributed by atoms with E-state index >= 15 is 0 Å². The second-order valence-electron chi connectivity index (χ2n) is 4.31. The van der Waals surface area contributed by atoms with Crippen LogP contribution in [0.2, 0.25) is 0 Å². The van der Waals surface area contributed by atoms with E-state index in [9.17, 15) is 8.42 Å². The second kappa shape index (κ2) is 14.3. The average Bonchev–Trinajstić information content (AvgIpc) is 2.45. The molecule has 0 heterocycles. The fourth-order valence-electron chi connectivity index (χ4n) is 1.70. The molecule has 0 saturated heterocycles. The Hall–Kier alpha value is 0.220. The minimum Gasteiger partial charge on any atom is -0.784 e. The van der Waals surface area contributed by atoms with Crippen LogP contribution in [0.4, 0.5) is 0 Å². The van der Waals surface area contributed by atoms with Crippen LogP contribution >= 0.6 is 0 Å². The second-order valence-corrected chi connectivity index (χ2v) is 6.17. The maximum absolute atomic E-state index is 10.9. The standard InChI is InChI=1S/C14H14O4S.2Na.H2O3S/c15-19(16,17)11-13-8-4-5-9-14(13)18-10-12-6-2-1-3-7-12;;;1-4(2)3/h1-9H,10-11H2,(H,15,16,17);;;(H2,1,2,3)/q;2*+1;/p-2. The third kappa shape index (κ3) is 14.0. The SMILES string of the molecule is O=S(=O)(O)Cc1ccccc1OCc1ccccc1.O=S([O-])[O-].[Na+].[Na+]. The van der Waals surface area contributed by atoms with Gasteiger partial charge in [-0.3, -0.25) is 8.76 Å². The molecule has 11 heteroatoms. The van der Waals surface area contributed by atoms with Gasteiger partial charge in [0.05, 0.1) is 0 Å². The van der Waals surface area contributed by atoms with Gasteiger partial charge >= 0.3 is 59.1 Å². The van der Waals surface area contributed by atoms with Crippen LogP contribution in [0, 0.1) is 0 Å². The summed E-state index contributed by atoms with van der Waals surface area (Å²) < 4.78 is 61.7. The van der Waals surface area contributed by atoms with Crippen LogP contribution in [-0.4, -0.2) is 26.3 Å². The van der Waals surface area contributed by atoms with Crippen molar-refractivity contribution in [2.45, 2.75) is 12.4 Å². The summed E-state index contributed by atoms with van der Waals surface area (Å²) in [6, 6.07) is 16.3. The number of rotatable bonds is 5. The summed E-state index contributed by atoms with van der Waals surface area (Å²) in [6.07, 6.45) is 0. The Kier molecular flexibility index (Phi) is 15.7. The van der Waals surface area contributed by atoms with E-state index in [-0.39, 0.29) is 59.1 Å². The van der Waals surface area contributed by atoms with Crippen LogP contribution in [0.3, 0.4) is 0 Å². The summed E-state index contributed by atoms with van der Waals surface area (Å²) in [6.45, 7) is 0.351. The maximum atomic E-state index is 10.9. The van der Waals surface area contributed by atoms with Gasteiger partial charge in [-0.05, 0) is 11.6 Å². The summed E-state index contributed by atoms with van der Waals surface area (Å²) in [5.41, 5.74) is 1.44. The van der Waals surface area contributed by atoms with Crippen LogP contribution in [0.1, 0.15) is 11.1 Å². The molecular weight excluding hydrogens is 390 g/mol. The largest absolute Gasteiger partial charge is 1.00 e. The molecule has 0 atom stereocenters. The average molecular weight is 404 g/mol. The molecule has 0 aliphatic heterocycles. The van der Waals surface area contributed by atoms with Gasteiger partial charge in [0.25, 0.3) is 10.1 Å². The zero-order valence-corrected chi connectivity index (χ0v) is 19.5. The van der Waals surface area contributed by atoms with E-state index in [1.165, 1.54) is 0 Å². The van der Waals surface area contributed by atoms with Crippen molar-refractivity contribution in [3.05, 3.63) is 65.7 Å². The summed E-state index contributed by atoms with van der Waals surface area (Å²) in [4.78, 5) is 0. The molecule has 0 aromatic heterocycles. The first-order valence-electron chi connectivity index (χ1n) is 6.24.